The van der Waals surface area contributed by atoms with Crippen molar-refractivity contribution in [2.45, 2.75) is 24.5 Å². The summed E-state index contributed by atoms with van der Waals surface area (Å²) in [6.07, 6.45) is 0.945. The first kappa shape index (κ1) is 14.0. The minimum absolute atomic E-state index is 0.300. The van der Waals surface area contributed by atoms with Gasteiger partial charge in [-0.1, -0.05) is 17.7 Å². The lowest BCUT2D eigenvalue weighted by atomic mass is 10.1. The number of rotatable bonds is 2. The lowest BCUT2D eigenvalue weighted by Gasteiger charge is -2.17. The predicted octanol–water partition coefficient (Wildman–Crippen LogP) is 1.65. The van der Waals surface area contributed by atoms with Gasteiger partial charge in [0.05, 0.1) is 5.39 Å². The van der Waals surface area contributed by atoms with E-state index in [-0.39, 0.29) is 0 Å². The lowest BCUT2D eigenvalue weighted by Crippen LogP contribution is -2.30. The number of fused-ring (bicyclic) bond motifs is 1. The van der Waals surface area contributed by atoms with E-state index in [0.717, 1.165) is 0 Å². The van der Waals surface area contributed by atoms with Crippen LogP contribution in [-0.4, -0.2) is 43.1 Å². The number of aliphatic hydroxyl groups excluding tert-OH is 2. The largest absolute Gasteiger partial charge is 0.387 e. The number of aliphatic hydroxyl groups is 2. The van der Waals surface area contributed by atoms with Crippen LogP contribution < -0.4 is 0 Å². The number of halogens is 2. The molecule has 0 bridgehead atoms. The van der Waals surface area contributed by atoms with E-state index >= 15 is 0 Å². The Morgan fingerprint density at radius 2 is 2.15 bits per heavy atom. The highest BCUT2D eigenvalue weighted by Crippen LogP contribution is 2.36. The second-order valence-corrected chi connectivity index (χ2v) is 5.67. The van der Waals surface area contributed by atoms with Gasteiger partial charge >= 0.3 is 0 Å². The van der Waals surface area contributed by atoms with Gasteiger partial charge in [-0.3, -0.25) is 0 Å². The molecule has 20 heavy (non-hydrogen) atoms. The lowest BCUT2D eigenvalue weighted by molar-refractivity contribution is -0.0241. The molecule has 0 spiro atoms. The Bertz CT molecular complexity index is 677. The Hall–Kier alpha value is -0.990. The number of hydrogen-bond acceptors (Lipinski definition) is 5. The van der Waals surface area contributed by atoms with Crippen LogP contribution >= 0.6 is 27.5 Å². The SMILES string of the molecule is C=C[C@H]1O[C@@H](n2cc(Br)c3c(Cl)ncnc32)[C@H](O)[C@@H]1O. The average Bonchev–Trinajstić information content (AvgIpc) is 2.90. The molecule has 106 valence electrons. The normalized spacial score (nSPS) is 30.0. The van der Waals surface area contributed by atoms with Gasteiger partial charge in [0.25, 0.3) is 0 Å². The van der Waals surface area contributed by atoms with Gasteiger partial charge in [0.15, 0.2) is 6.23 Å². The molecule has 8 heteroatoms. The molecule has 0 saturated carbocycles. The fourth-order valence-corrected chi connectivity index (χ4v) is 3.24. The minimum Gasteiger partial charge on any atom is -0.387 e. The van der Waals surface area contributed by atoms with Gasteiger partial charge in [-0.25, -0.2) is 9.97 Å². The van der Waals surface area contributed by atoms with Crippen LogP contribution in [0.3, 0.4) is 0 Å². The smallest absolute Gasteiger partial charge is 0.164 e. The minimum atomic E-state index is -1.09. The van der Waals surface area contributed by atoms with E-state index in [4.69, 9.17) is 16.3 Å². The number of hydrogen-bond donors (Lipinski definition) is 2. The molecule has 1 aliphatic rings. The zero-order valence-electron chi connectivity index (χ0n) is 10.1. The van der Waals surface area contributed by atoms with Crippen molar-refractivity contribution in [3.63, 3.8) is 0 Å². The average molecular weight is 361 g/mol. The van der Waals surface area contributed by atoms with E-state index in [1.54, 1.807) is 10.8 Å². The van der Waals surface area contributed by atoms with Gasteiger partial charge in [0.1, 0.15) is 35.4 Å². The first-order valence-electron chi connectivity index (χ1n) is 5.85. The zero-order valence-corrected chi connectivity index (χ0v) is 12.5. The summed E-state index contributed by atoms with van der Waals surface area (Å²) in [6, 6.07) is 0. The Kier molecular flexibility index (Phi) is 3.55. The van der Waals surface area contributed by atoms with Gasteiger partial charge in [-0.05, 0) is 15.9 Å². The summed E-state index contributed by atoms with van der Waals surface area (Å²) >= 11 is 9.42. The van der Waals surface area contributed by atoms with Crippen molar-refractivity contribution >= 4 is 38.6 Å². The first-order chi connectivity index (χ1) is 9.54. The van der Waals surface area contributed by atoms with Gasteiger partial charge in [0.2, 0.25) is 0 Å². The van der Waals surface area contributed by atoms with Crippen LogP contribution in [-0.2, 0) is 4.74 Å². The van der Waals surface area contributed by atoms with Crippen LogP contribution in [0.15, 0.2) is 29.7 Å². The third kappa shape index (κ3) is 1.97. The summed E-state index contributed by atoms with van der Waals surface area (Å²) in [5.41, 5.74) is 0.512. The van der Waals surface area contributed by atoms with Crippen molar-refractivity contribution in [1.82, 2.24) is 14.5 Å². The first-order valence-corrected chi connectivity index (χ1v) is 7.02. The molecule has 2 aromatic rings. The highest BCUT2D eigenvalue weighted by Gasteiger charge is 2.43. The molecule has 2 N–H and O–H groups in total. The highest BCUT2D eigenvalue weighted by atomic mass is 79.9. The van der Waals surface area contributed by atoms with Crippen LogP contribution in [0, 0.1) is 0 Å². The quantitative estimate of drug-likeness (QED) is 0.629. The molecule has 0 radical (unpaired) electrons. The van der Waals surface area contributed by atoms with Crippen LogP contribution in [0.4, 0.5) is 0 Å². The van der Waals surface area contributed by atoms with Crippen molar-refractivity contribution < 1.29 is 14.9 Å². The number of ether oxygens (including phenoxy) is 1. The van der Waals surface area contributed by atoms with Crippen molar-refractivity contribution in [2.24, 2.45) is 0 Å². The van der Waals surface area contributed by atoms with Gasteiger partial charge in [0, 0.05) is 10.7 Å². The summed E-state index contributed by atoms with van der Waals surface area (Å²) in [5, 5.41) is 20.9. The van der Waals surface area contributed by atoms with E-state index < -0.39 is 24.5 Å². The van der Waals surface area contributed by atoms with Crippen LogP contribution in [0.5, 0.6) is 0 Å². The third-order valence-corrected chi connectivity index (χ3v) is 4.19. The monoisotopic (exact) mass is 359 g/mol. The van der Waals surface area contributed by atoms with E-state index in [2.05, 4.69) is 32.5 Å². The summed E-state index contributed by atoms with van der Waals surface area (Å²) in [4.78, 5) is 8.07. The highest BCUT2D eigenvalue weighted by molar-refractivity contribution is 9.10. The molecule has 0 aliphatic carbocycles. The molecule has 1 aliphatic heterocycles. The van der Waals surface area contributed by atoms with Gasteiger partial charge in [-0.2, -0.15) is 0 Å². The zero-order chi connectivity index (χ0) is 14.4. The second kappa shape index (κ2) is 5.09. The fourth-order valence-electron chi connectivity index (χ4n) is 2.31. The van der Waals surface area contributed by atoms with Crippen molar-refractivity contribution in [3.05, 3.63) is 34.8 Å². The molecule has 0 unspecified atom stereocenters. The Balaban J connectivity index is 2.12. The summed E-state index contributed by atoms with van der Waals surface area (Å²) in [5.74, 6) is 0. The third-order valence-electron chi connectivity index (χ3n) is 3.30. The molecule has 0 amide bonds. The summed E-state index contributed by atoms with van der Waals surface area (Å²) < 4.78 is 7.90. The van der Waals surface area contributed by atoms with Crippen LogP contribution in [0.1, 0.15) is 6.23 Å². The maximum atomic E-state index is 10.1. The summed E-state index contributed by atoms with van der Waals surface area (Å²) in [7, 11) is 0. The fraction of sp³-hybridized carbons (Fsp3) is 0.333. The molecule has 3 heterocycles. The molecule has 4 atom stereocenters. The van der Waals surface area contributed by atoms with E-state index in [9.17, 15) is 10.2 Å². The predicted molar refractivity (Wildman–Crippen MR) is 76.4 cm³/mol. The van der Waals surface area contributed by atoms with E-state index in [0.29, 0.717) is 20.7 Å². The molecular weight excluding hydrogens is 350 g/mol. The molecule has 0 aromatic carbocycles. The molecule has 2 aromatic heterocycles. The maximum Gasteiger partial charge on any atom is 0.164 e. The molecular formula is C12H11BrClN3O3. The molecule has 3 rings (SSSR count). The van der Waals surface area contributed by atoms with E-state index in [1.165, 1.54) is 12.4 Å². The second-order valence-electron chi connectivity index (χ2n) is 4.46. The molecule has 1 fully saturated rings. The number of aromatic nitrogens is 3. The maximum absolute atomic E-state index is 10.1. The summed E-state index contributed by atoms with van der Waals surface area (Å²) in [6.45, 7) is 3.58. The molecule has 1 saturated heterocycles. The van der Waals surface area contributed by atoms with Crippen molar-refractivity contribution in [2.75, 3.05) is 0 Å². The van der Waals surface area contributed by atoms with E-state index in [1.807, 2.05) is 0 Å². The Morgan fingerprint density at radius 3 is 2.80 bits per heavy atom. The number of nitrogens with zero attached hydrogens (tertiary/aromatic N) is 3. The Labute approximate surface area is 127 Å². The topological polar surface area (TPSA) is 80.4 Å². The van der Waals surface area contributed by atoms with Crippen molar-refractivity contribution in [1.29, 1.82) is 0 Å². The molecule has 6 nitrogen and oxygen atoms in total. The van der Waals surface area contributed by atoms with Crippen molar-refractivity contribution in [3.8, 4) is 0 Å². The van der Waals surface area contributed by atoms with Gasteiger partial charge < -0.3 is 19.5 Å². The van der Waals surface area contributed by atoms with Crippen LogP contribution in [0.2, 0.25) is 5.15 Å². The Morgan fingerprint density at radius 1 is 1.40 bits per heavy atom. The van der Waals surface area contributed by atoms with Crippen LogP contribution in [0.25, 0.3) is 11.0 Å². The standard InChI is InChI=1S/C12H11BrClN3O3/c1-2-6-8(18)9(19)12(20-6)17-3-5(13)7-10(14)15-4-16-11(7)17/h2-4,6,8-9,12,18-19H,1H2/t6-,8-,9-,12-/m1/s1. The van der Waals surface area contributed by atoms with Gasteiger partial charge in [-0.15, -0.1) is 6.58 Å².